The number of hydrogen-bond acceptors (Lipinski definition) is 7. The maximum Gasteiger partial charge on any atom is 0.270 e. The number of nitro groups is 1. The summed E-state index contributed by atoms with van der Waals surface area (Å²) < 4.78 is 30.9. The number of aromatic nitrogens is 2. The van der Waals surface area contributed by atoms with Crippen LogP contribution in [0.5, 0.6) is 0 Å². The van der Waals surface area contributed by atoms with Gasteiger partial charge in [-0.2, -0.15) is 4.98 Å². The van der Waals surface area contributed by atoms with Gasteiger partial charge in [0.1, 0.15) is 4.90 Å². The average molecular weight is 333 g/mol. The highest BCUT2D eigenvalue weighted by Crippen LogP contribution is 2.25. The molecule has 112 valence electrons. The summed E-state index contributed by atoms with van der Waals surface area (Å²) in [4.78, 5) is 13.4. The fourth-order valence-corrected chi connectivity index (χ4v) is 3.04. The zero-order valence-corrected chi connectivity index (χ0v) is 12.0. The molecule has 0 saturated carbocycles. The van der Waals surface area contributed by atoms with Crippen molar-refractivity contribution in [1.29, 1.82) is 0 Å². The molecule has 1 aromatic heterocycles. The van der Waals surface area contributed by atoms with E-state index in [1.54, 1.807) is 0 Å². The van der Waals surface area contributed by atoms with Crippen molar-refractivity contribution >= 4 is 27.3 Å². The van der Waals surface area contributed by atoms with Gasteiger partial charge >= 0.3 is 0 Å². The third-order valence-corrected chi connectivity index (χ3v) is 4.41. The van der Waals surface area contributed by atoms with Gasteiger partial charge in [-0.25, -0.2) is 13.1 Å². The van der Waals surface area contributed by atoms with Gasteiger partial charge in [-0.3, -0.25) is 10.1 Å². The van der Waals surface area contributed by atoms with Gasteiger partial charge in [-0.05, 0) is 6.07 Å². The summed E-state index contributed by atoms with van der Waals surface area (Å²) >= 11 is 5.78. The highest BCUT2D eigenvalue weighted by molar-refractivity contribution is 7.89. The number of nitro benzene ring substituents is 1. The Bertz CT molecular complexity index is 747. The normalized spacial score (nSPS) is 11.5. The highest BCUT2D eigenvalue weighted by atomic mass is 35.5. The molecule has 0 amide bonds. The Morgan fingerprint density at radius 3 is 2.81 bits per heavy atom. The molecular formula is C10H9ClN4O5S. The first-order valence-electron chi connectivity index (χ1n) is 5.59. The SMILES string of the molecule is O=[N+]([O-])c1ccc(Cl)c(S(=O)(=O)NCCc2ncon2)c1. The Labute approximate surface area is 124 Å². The molecule has 0 bridgehead atoms. The standard InChI is InChI=1S/C10H9ClN4O5S/c11-8-2-1-7(15(16)17)5-9(8)21(18,19)13-4-3-10-12-6-20-14-10/h1-2,5-6,13H,3-4H2. The zero-order valence-electron chi connectivity index (χ0n) is 10.4. The number of rotatable bonds is 6. The smallest absolute Gasteiger partial charge is 0.270 e. The average Bonchev–Trinajstić information content (AvgIpc) is 2.91. The molecule has 11 heteroatoms. The second-order valence-corrected chi connectivity index (χ2v) is 6.01. The monoisotopic (exact) mass is 332 g/mol. The van der Waals surface area contributed by atoms with Gasteiger partial charge in [0.15, 0.2) is 5.82 Å². The third-order valence-electron chi connectivity index (χ3n) is 2.46. The van der Waals surface area contributed by atoms with E-state index < -0.39 is 14.9 Å². The quantitative estimate of drug-likeness (QED) is 0.620. The van der Waals surface area contributed by atoms with E-state index >= 15 is 0 Å². The van der Waals surface area contributed by atoms with Gasteiger partial charge in [0.25, 0.3) is 5.69 Å². The summed E-state index contributed by atoms with van der Waals surface area (Å²) in [5, 5.41) is 14.1. The minimum atomic E-state index is -3.97. The summed E-state index contributed by atoms with van der Waals surface area (Å²) in [5.41, 5.74) is -0.363. The molecule has 1 heterocycles. The molecule has 1 N–H and O–H groups in total. The highest BCUT2D eigenvalue weighted by Gasteiger charge is 2.21. The summed E-state index contributed by atoms with van der Waals surface area (Å²) in [5.74, 6) is 0.336. The first-order chi connectivity index (χ1) is 9.90. The summed E-state index contributed by atoms with van der Waals surface area (Å²) in [7, 11) is -3.97. The first-order valence-corrected chi connectivity index (χ1v) is 7.45. The molecule has 0 unspecified atom stereocenters. The van der Waals surface area contributed by atoms with Gasteiger partial charge in [-0.1, -0.05) is 16.8 Å². The number of nitrogens with one attached hydrogen (secondary N) is 1. The molecule has 0 atom stereocenters. The molecule has 1 aromatic carbocycles. The van der Waals surface area contributed by atoms with Crippen molar-refractivity contribution in [3.63, 3.8) is 0 Å². The van der Waals surface area contributed by atoms with Crippen LogP contribution in [0, 0.1) is 10.1 Å². The minimum Gasteiger partial charge on any atom is -0.343 e. The molecule has 0 aliphatic heterocycles. The Kier molecular flexibility index (Phi) is 4.50. The van der Waals surface area contributed by atoms with E-state index in [9.17, 15) is 18.5 Å². The predicted molar refractivity (Wildman–Crippen MR) is 71.3 cm³/mol. The van der Waals surface area contributed by atoms with Gasteiger partial charge < -0.3 is 4.52 Å². The van der Waals surface area contributed by atoms with E-state index in [2.05, 4.69) is 19.4 Å². The van der Waals surface area contributed by atoms with Crippen LogP contribution in [0.15, 0.2) is 34.0 Å². The number of sulfonamides is 1. The zero-order chi connectivity index (χ0) is 15.5. The Morgan fingerprint density at radius 1 is 1.43 bits per heavy atom. The second kappa shape index (κ2) is 6.16. The predicted octanol–water partition coefficient (Wildman–Crippen LogP) is 1.15. The molecule has 0 aliphatic rings. The van der Waals surface area contributed by atoms with Crippen LogP contribution in [0.2, 0.25) is 5.02 Å². The fraction of sp³-hybridized carbons (Fsp3) is 0.200. The van der Waals surface area contributed by atoms with Crippen LogP contribution < -0.4 is 4.72 Å². The molecule has 9 nitrogen and oxygen atoms in total. The Balaban J connectivity index is 2.15. The lowest BCUT2D eigenvalue weighted by atomic mass is 10.3. The maximum atomic E-state index is 12.1. The lowest BCUT2D eigenvalue weighted by Gasteiger charge is -2.07. The van der Waals surface area contributed by atoms with Crippen molar-refractivity contribution in [3.05, 3.63) is 45.6 Å². The number of nitrogens with zero attached hydrogens (tertiary/aromatic N) is 3. The topological polar surface area (TPSA) is 128 Å². The van der Waals surface area contributed by atoms with Crippen LogP contribution in [0.1, 0.15) is 5.82 Å². The molecule has 2 rings (SSSR count). The minimum absolute atomic E-state index is 0.000880. The van der Waals surface area contributed by atoms with Crippen molar-refractivity contribution in [2.24, 2.45) is 0 Å². The number of non-ortho nitro benzene ring substituents is 1. The third kappa shape index (κ3) is 3.74. The van der Waals surface area contributed by atoms with E-state index in [1.807, 2.05) is 0 Å². The van der Waals surface area contributed by atoms with Crippen LogP contribution in [0.3, 0.4) is 0 Å². The number of halogens is 1. The van der Waals surface area contributed by atoms with Crippen molar-refractivity contribution in [3.8, 4) is 0 Å². The largest absolute Gasteiger partial charge is 0.343 e. The lowest BCUT2D eigenvalue weighted by Crippen LogP contribution is -2.26. The molecule has 0 spiro atoms. The second-order valence-electron chi connectivity index (χ2n) is 3.87. The van der Waals surface area contributed by atoms with E-state index in [0.717, 1.165) is 24.6 Å². The van der Waals surface area contributed by atoms with Crippen LogP contribution in [-0.2, 0) is 16.4 Å². The van der Waals surface area contributed by atoms with E-state index in [0.29, 0.717) is 5.82 Å². The number of benzene rings is 1. The molecule has 2 aromatic rings. The van der Waals surface area contributed by atoms with Crippen LogP contribution in [0.4, 0.5) is 5.69 Å². The Hall–Kier alpha value is -2.04. The summed E-state index contributed by atoms with van der Waals surface area (Å²) in [6, 6.07) is 3.19. The molecule has 0 saturated heterocycles. The van der Waals surface area contributed by atoms with Crippen molar-refractivity contribution in [1.82, 2.24) is 14.9 Å². The fourth-order valence-electron chi connectivity index (χ4n) is 1.49. The molecule has 0 radical (unpaired) electrons. The van der Waals surface area contributed by atoms with Crippen molar-refractivity contribution in [2.75, 3.05) is 6.54 Å². The molecule has 0 fully saturated rings. The molecule has 0 aliphatic carbocycles. The lowest BCUT2D eigenvalue weighted by molar-refractivity contribution is -0.385. The van der Waals surface area contributed by atoms with Gasteiger partial charge in [0.2, 0.25) is 16.4 Å². The summed E-state index contributed by atoms with van der Waals surface area (Å²) in [6.45, 7) is 0.000880. The van der Waals surface area contributed by atoms with Gasteiger partial charge in [0, 0.05) is 25.1 Å². The van der Waals surface area contributed by atoms with E-state index in [4.69, 9.17) is 11.6 Å². The molecular weight excluding hydrogens is 324 g/mol. The van der Waals surface area contributed by atoms with E-state index in [1.165, 1.54) is 0 Å². The van der Waals surface area contributed by atoms with E-state index in [-0.39, 0.29) is 28.6 Å². The summed E-state index contributed by atoms with van der Waals surface area (Å²) in [6.07, 6.45) is 1.34. The van der Waals surface area contributed by atoms with Crippen LogP contribution in [-0.4, -0.2) is 30.0 Å². The van der Waals surface area contributed by atoms with Crippen molar-refractivity contribution < 1.29 is 17.9 Å². The first kappa shape index (κ1) is 15.4. The molecule has 21 heavy (non-hydrogen) atoms. The van der Waals surface area contributed by atoms with Gasteiger partial charge in [0.05, 0.1) is 9.95 Å². The maximum absolute atomic E-state index is 12.1. The van der Waals surface area contributed by atoms with Gasteiger partial charge in [-0.15, -0.1) is 0 Å². The number of hydrogen-bond donors (Lipinski definition) is 1. The Morgan fingerprint density at radius 2 is 2.19 bits per heavy atom. The van der Waals surface area contributed by atoms with Crippen LogP contribution in [0.25, 0.3) is 0 Å². The van der Waals surface area contributed by atoms with Crippen molar-refractivity contribution in [2.45, 2.75) is 11.3 Å². The van der Waals surface area contributed by atoms with Crippen LogP contribution >= 0.6 is 11.6 Å².